The molecule has 0 radical (unpaired) electrons. The molecule has 6 heteroatoms. The van der Waals surface area contributed by atoms with Crippen LogP contribution in [0.15, 0.2) is 12.1 Å². The highest BCUT2D eigenvalue weighted by Crippen LogP contribution is 2.25. The summed E-state index contributed by atoms with van der Waals surface area (Å²) < 4.78 is 13.7. The van der Waals surface area contributed by atoms with Crippen LogP contribution in [0.4, 0.5) is 15.8 Å². The van der Waals surface area contributed by atoms with E-state index in [1.807, 2.05) is 0 Å². The highest BCUT2D eigenvalue weighted by Gasteiger charge is 2.16. The van der Waals surface area contributed by atoms with E-state index in [1.54, 1.807) is 6.92 Å². The summed E-state index contributed by atoms with van der Waals surface area (Å²) in [6.45, 7) is 3.32. The van der Waals surface area contributed by atoms with Crippen molar-refractivity contribution in [2.45, 2.75) is 32.2 Å². The lowest BCUT2D eigenvalue weighted by Gasteiger charge is -2.12. The number of hydrogen-bond acceptors (Lipinski definition) is 4. The zero-order chi connectivity index (χ0) is 13.8. The van der Waals surface area contributed by atoms with Gasteiger partial charge in [-0.1, -0.05) is 0 Å². The fourth-order valence-electron chi connectivity index (χ4n) is 2.39. The Morgan fingerprint density at radius 3 is 3.00 bits per heavy atom. The summed E-state index contributed by atoms with van der Waals surface area (Å²) in [7, 11) is 0. The third kappa shape index (κ3) is 3.41. The maximum atomic E-state index is 13.7. The third-order valence-electron chi connectivity index (χ3n) is 3.45. The normalized spacial score (nSPS) is 18.5. The van der Waals surface area contributed by atoms with E-state index < -0.39 is 10.7 Å². The number of nitrogens with zero attached hydrogens (tertiary/aromatic N) is 1. The van der Waals surface area contributed by atoms with Crippen LogP contribution in [0, 0.1) is 22.9 Å². The number of nitrogens with one attached hydrogen (secondary N) is 2. The van der Waals surface area contributed by atoms with Crippen LogP contribution in [0.5, 0.6) is 0 Å². The smallest absolute Gasteiger partial charge is 0.275 e. The standard InChI is InChI=1S/C13H18FN3O2/c1-9-7-12(11(14)8-13(9)17(18)19)16-6-4-10-3-2-5-15-10/h7-8,10,15-16H,2-6H2,1H3/t10-/m1/s1. The lowest BCUT2D eigenvalue weighted by atomic mass is 10.1. The molecule has 1 fully saturated rings. The van der Waals surface area contributed by atoms with Gasteiger partial charge >= 0.3 is 0 Å². The summed E-state index contributed by atoms with van der Waals surface area (Å²) in [6.07, 6.45) is 3.27. The minimum atomic E-state index is -0.573. The molecule has 0 amide bonds. The SMILES string of the molecule is Cc1cc(NCC[C@H]2CCCN2)c(F)cc1[N+](=O)[O-]. The van der Waals surface area contributed by atoms with Crippen molar-refractivity contribution in [3.63, 3.8) is 0 Å². The second-order valence-corrected chi connectivity index (χ2v) is 4.88. The van der Waals surface area contributed by atoms with Gasteiger partial charge in [0.15, 0.2) is 5.82 Å². The number of aryl methyl sites for hydroxylation is 1. The lowest BCUT2D eigenvalue weighted by molar-refractivity contribution is -0.385. The average molecular weight is 267 g/mol. The number of anilines is 1. The minimum absolute atomic E-state index is 0.180. The Bertz CT molecular complexity index is 473. The van der Waals surface area contributed by atoms with Gasteiger partial charge in [0.05, 0.1) is 16.7 Å². The summed E-state index contributed by atoms with van der Waals surface area (Å²) >= 11 is 0. The molecule has 2 N–H and O–H groups in total. The largest absolute Gasteiger partial charge is 0.383 e. The number of rotatable bonds is 5. The fourth-order valence-corrected chi connectivity index (χ4v) is 2.39. The Hall–Kier alpha value is -1.69. The Labute approximate surface area is 111 Å². The van der Waals surface area contributed by atoms with Crippen LogP contribution >= 0.6 is 0 Å². The van der Waals surface area contributed by atoms with Gasteiger partial charge in [0.1, 0.15) is 0 Å². The van der Waals surface area contributed by atoms with Crippen molar-refractivity contribution in [1.29, 1.82) is 0 Å². The molecule has 1 aliphatic heterocycles. The van der Waals surface area contributed by atoms with Crippen molar-refractivity contribution in [3.8, 4) is 0 Å². The van der Waals surface area contributed by atoms with Gasteiger partial charge in [-0.3, -0.25) is 10.1 Å². The molecule has 104 valence electrons. The number of nitro groups is 1. The van der Waals surface area contributed by atoms with Crippen LogP contribution < -0.4 is 10.6 Å². The predicted octanol–water partition coefficient (Wildman–Crippen LogP) is 2.60. The molecule has 1 aromatic carbocycles. The molecule has 0 saturated carbocycles. The quantitative estimate of drug-likeness (QED) is 0.635. The second-order valence-electron chi connectivity index (χ2n) is 4.88. The molecule has 0 aliphatic carbocycles. The van der Waals surface area contributed by atoms with Crippen molar-refractivity contribution in [2.75, 3.05) is 18.4 Å². The number of nitro benzene ring substituents is 1. The van der Waals surface area contributed by atoms with Crippen molar-refractivity contribution < 1.29 is 9.31 Å². The summed E-state index contributed by atoms with van der Waals surface area (Å²) in [5.74, 6) is -0.573. The summed E-state index contributed by atoms with van der Waals surface area (Å²) in [5, 5.41) is 17.1. The molecule has 1 aliphatic rings. The molecule has 0 unspecified atom stereocenters. The first-order chi connectivity index (χ1) is 9.08. The molecule has 19 heavy (non-hydrogen) atoms. The van der Waals surface area contributed by atoms with Crippen molar-refractivity contribution >= 4 is 11.4 Å². The maximum Gasteiger partial charge on any atom is 0.275 e. The molecular formula is C13H18FN3O2. The zero-order valence-corrected chi connectivity index (χ0v) is 10.9. The van der Waals surface area contributed by atoms with E-state index in [9.17, 15) is 14.5 Å². The van der Waals surface area contributed by atoms with E-state index in [4.69, 9.17) is 0 Å². The molecular weight excluding hydrogens is 249 g/mol. The molecule has 5 nitrogen and oxygen atoms in total. The van der Waals surface area contributed by atoms with E-state index in [2.05, 4.69) is 10.6 Å². The zero-order valence-electron chi connectivity index (χ0n) is 10.9. The van der Waals surface area contributed by atoms with Crippen LogP contribution in [-0.4, -0.2) is 24.1 Å². The predicted molar refractivity (Wildman–Crippen MR) is 71.9 cm³/mol. The van der Waals surface area contributed by atoms with Gasteiger partial charge in [-0.05, 0) is 38.8 Å². The minimum Gasteiger partial charge on any atom is -0.383 e. The number of halogens is 1. The van der Waals surface area contributed by atoms with Crippen molar-refractivity contribution in [3.05, 3.63) is 33.6 Å². The van der Waals surface area contributed by atoms with Crippen LogP contribution in [0.25, 0.3) is 0 Å². The monoisotopic (exact) mass is 267 g/mol. The Morgan fingerprint density at radius 1 is 1.58 bits per heavy atom. The molecule has 1 saturated heterocycles. The topological polar surface area (TPSA) is 67.2 Å². The summed E-state index contributed by atoms with van der Waals surface area (Å²) in [5.41, 5.74) is 0.620. The van der Waals surface area contributed by atoms with Gasteiger partial charge in [0.25, 0.3) is 5.69 Å². The highest BCUT2D eigenvalue weighted by molar-refractivity contribution is 5.54. The van der Waals surface area contributed by atoms with Crippen LogP contribution in [0.2, 0.25) is 0 Å². The molecule has 0 bridgehead atoms. The first-order valence-electron chi connectivity index (χ1n) is 6.49. The molecule has 1 aromatic rings. The van der Waals surface area contributed by atoms with E-state index in [0.29, 0.717) is 23.8 Å². The number of hydrogen-bond donors (Lipinski definition) is 2. The molecule has 0 spiro atoms. The van der Waals surface area contributed by atoms with E-state index in [1.165, 1.54) is 12.5 Å². The first kappa shape index (κ1) is 13.7. The van der Waals surface area contributed by atoms with Gasteiger partial charge in [-0.15, -0.1) is 0 Å². The van der Waals surface area contributed by atoms with E-state index in [-0.39, 0.29) is 5.69 Å². The Kier molecular flexibility index (Phi) is 4.31. The van der Waals surface area contributed by atoms with E-state index in [0.717, 1.165) is 25.5 Å². The Morgan fingerprint density at radius 2 is 2.37 bits per heavy atom. The fraction of sp³-hybridized carbons (Fsp3) is 0.538. The lowest BCUT2D eigenvalue weighted by Crippen LogP contribution is -2.24. The van der Waals surface area contributed by atoms with Gasteiger partial charge in [-0.25, -0.2) is 4.39 Å². The third-order valence-corrected chi connectivity index (χ3v) is 3.45. The average Bonchev–Trinajstić information content (AvgIpc) is 2.85. The van der Waals surface area contributed by atoms with Gasteiger partial charge in [0.2, 0.25) is 0 Å². The second kappa shape index (κ2) is 5.97. The molecule has 1 heterocycles. The number of benzene rings is 1. The van der Waals surface area contributed by atoms with Gasteiger partial charge < -0.3 is 10.6 Å². The van der Waals surface area contributed by atoms with Crippen molar-refractivity contribution in [2.24, 2.45) is 0 Å². The van der Waals surface area contributed by atoms with Crippen LogP contribution in [-0.2, 0) is 0 Å². The molecule has 0 aromatic heterocycles. The van der Waals surface area contributed by atoms with Crippen LogP contribution in [0.3, 0.4) is 0 Å². The van der Waals surface area contributed by atoms with Gasteiger partial charge in [0, 0.05) is 18.2 Å². The molecule has 2 rings (SSSR count). The van der Waals surface area contributed by atoms with E-state index >= 15 is 0 Å². The first-order valence-corrected chi connectivity index (χ1v) is 6.49. The molecule has 1 atom stereocenters. The Balaban J connectivity index is 1.96. The van der Waals surface area contributed by atoms with Crippen molar-refractivity contribution in [1.82, 2.24) is 5.32 Å². The summed E-state index contributed by atoms with van der Waals surface area (Å²) in [6, 6.07) is 2.97. The summed E-state index contributed by atoms with van der Waals surface area (Å²) in [4.78, 5) is 10.1. The maximum absolute atomic E-state index is 13.7. The highest BCUT2D eigenvalue weighted by atomic mass is 19.1. The van der Waals surface area contributed by atoms with Crippen LogP contribution in [0.1, 0.15) is 24.8 Å². The van der Waals surface area contributed by atoms with Gasteiger partial charge in [-0.2, -0.15) is 0 Å².